The molecule has 0 aliphatic carbocycles. The van der Waals surface area contributed by atoms with Gasteiger partial charge in [0.1, 0.15) is 5.56 Å². The van der Waals surface area contributed by atoms with Gasteiger partial charge in [-0.3, -0.25) is 5.11 Å². The fourth-order valence-corrected chi connectivity index (χ4v) is 0.535. The van der Waals surface area contributed by atoms with Crippen molar-refractivity contribution in [3.63, 3.8) is 0 Å². The van der Waals surface area contributed by atoms with Gasteiger partial charge < -0.3 is 0 Å². The highest BCUT2D eigenvalue weighted by Crippen LogP contribution is 2.33. The summed E-state index contributed by atoms with van der Waals surface area (Å²) in [5, 5.41) is 16.1. The van der Waals surface area contributed by atoms with E-state index in [0.29, 0.717) is 6.07 Å². The van der Waals surface area contributed by atoms with Gasteiger partial charge in [0.05, 0.1) is 6.20 Å². The average Bonchev–Trinajstić information content (AvgIpc) is 1.86. The first-order valence-corrected chi connectivity index (χ1v) is 2.57. The molecule has 0 unspecified atom stereocenters. The van der Waals surface area contributed by atoms with E-state index in [1.807, 2.05) is 0 Å². The van der Waals surface area contributed by atoms with Crippen molar-refractivity contribution >= 4 is 0 Å². The van der Waals surface area contributed by atoms with E-state index < -0.39 is 17.6 Å². The Morgan fingerprint density at radius 1 is 1.36 bits per heavy atom. The van der Waals surface area contributed by atoms with Gasteiger partial charge >= 0.3 is 12.1 Å². The summed E-state index contributed by atoms with van der Waals surface area (Å²) in [7, 11) is 0. The van der Waals surface area contributed by atoms with Gasteiger partial charge in [0.15, 0.2) is 0 Å². The van der Waals surface area contributed by atoms with Crippen LogP contribution in [-0.2, 0) is 11.3 Å². The molecule has 0 atom stereocenters. The maximum atomic E-state index is 11.8. The standard InChI is InChI=1S/C5H2F3N2O/c6-5(7,8)3-1-2-9-10-4(3)11/h1-2H. The first-order chi connectivity index (χ1) is 5.02. The second kappa shape index (κ2) is 2.37. The van der Waals surface area contributed by atoms with E-state index in [2.05, 4.69) is 10.2 Å². The number of rotatable bonds is 0. The maximum absolute atomic E-state index is 11.8. The van der Waals surface area contributed by atoms with Gasteiger partial charge in [-0.1, -0.05) is 0 Å². The Balaban J connectivity index is 3.14. The molecule has 0 amide bonds. The molecule has 0 saturated heterocycles. The van der Waals surface area contributed by atoms with Crippen molar-refractivity contribution in [2.45, 2.75) is 6.18 Å². The molecule has 0 spiro atoms. The van der Waals surface area contributed by atoms with Crippen molar-refractivity contribution in [3.8, 4) is 5.88 Å². The van der Waals surface area contributed by atoms with Crippen LogP contribution in [0.15, 0.2) is 12.3 Å². The molecule has 6 heteroatoms. The Labute approximate surface area is 59.5 Å². The molecule has 0 saturated carbocycles. The molecular weight excluding hydrogens is 161 g/mol. The summed E-state index contributed by atoms with van der Waals surface area (Å²) in [5.74, 6) is -1.35. The predicted molar refractivity (Wildman–Crippen MR) is 27.2 cm³/mol. The molecule has 0 aromatic carbocycles. The molecule has 1 heterocycles. The van der Waals surface area contributed by atoms with Crippen LogP contribution in [0.4, 0.5) is 13.2 Å². The second-order valence-corrected chi connectivity index (χ2v) is 1.75. The van der Waals surface area contributed by atoms with Crippen LogP contribution in [0.25, 0.3) is 0 Å². The Bertz CT molecular complexity index is 260. The lowest BCUT2D eigenvalue weighted by Crippen LogP contribution is -2.05. The molecule has 1 aromatic rings. The van der Waals surface area contributed by atoms with Crippen LogP contribution < -0.4 is 0 Å². The minimum absolute atomic E-state index is 0.593. The van der Waals surface area contributed by atoms with Crippen LogP contribution in [-0.4, -0.2) is 10.2 Å². The summed E-state index contributed by atoms with van der Waals surface area (Å²) >= 11 is 0. The zero-order chi connectivity index (χ0) is 8.48. The van der Waals surface area contributed by atoms with Crippen molar-refractivity contribution in [1.29, 1.82) is 0 Å². The van der Waals surface area contributed by atoms with E-state index in [9.17, 15) is 18.3 Å². The quantitative estimate of drug-likeness (QED) is 0.583. The molecule has 1 rings (SSSR count). The number of nitrogens with zero attached hydrogens (tertiary/aromatic N) is 2. The fourth-order valence-electron chi connectivity index (χ4n) is 0.535. The third-order valence-corrected chi connectivity index (χ3v) is 0.992. The van der Waals surface area contributed by atoms with Gasteiger partial charge in [0.2, 0.25) is 0 Å². The number of hydrogen-bond donors (Lipinski definition) is 0. The summed E-state index contributed by atoms with van der Waals surface area (Å²) < 4.78 is 35.3. The highest BCUT2D eigenvalue weighted by molar-refractivity contribution is 5.24. The average molecular weight is 163 g/mol. The topological polar surface area (TPSA) is 45.7 Å². The smallest absolute Gasteiger partial charge is 0.265 e. The Morgan fingerprint density at radius 3 is 2.36 bits per heavy atom. The lowest BCUT2D eigenvalue weighted by atomic mass is 10.3. The summed E-state index contributed by atoms with van der Waals surface area (Å²) in [6, 6.07) is 0.593. The Hall–Kier alpha value is -1.33. The minimum atomic E-state index is -4.63. The van der Waals surface area contributed by atoms with E-state index in [4.69, 9.17) is 0 Å². The third kappa shape index (κ3) is 1.57. The Morgan fingerprint density at radius 2 is 2.00 bits per heavy atom. The van der Waals surface area contributed by atoms with Gasteiger partial charge in [0, 0.05) is 0 Å². The van der Waals surface area contributed by atoms with Gasteiger partial charge in [-0.05, 0) is 6.07 Å². The number of alkyl halides is 3. The molecule has 0 aliphatic heterocycles. The predicted octanol–water partition coefficient (Wildman–Crippen LogP) is 1.64. The van der Waals surface area contributed by atoms with Gasteiger partial charge in [-0.15, -0.1) is 5.10 Å². The van der Waals surface area contributed by atoms with E-state index in [1.165, 1.54) is 0 Å². The first-order valence-electron chi connectivity index (χ1n) is 2.57. The monoisotopic (exact) mass is 163 g/mol. The number of halogens is 3. The highest BCUT2D eigenvalue weighted by Gasteiger charge is 2.35. The summed E-state index contributed by atoms with van der Waals surface area (Å²) in [4.78, 5) is 0. The van der Waals surface area contributed by atoms with Crippen LogP contribution in [0.2, 0.25) is 0 Å². The van der Waals surface area contributed by atoms with Crippen molar-refractivity contribution in [3.05, 3.63) is 17.8 Å². The molecule has 0 bridgehead atoms. The second-order valence-electron chi connectivity index (χ2n) is 1.75. The van der Waals surface area contributed by atoms with Crippen LogP contribution in [0.5, 0.6) is 5.88 Å². The lowest BCUT2D eigenvalue weighted by Gasteiger charge is -2.03. The maximum Gasteiger partial charge on any atom is 0.421 e. The zero-order valence-electron chi connectivity index (χ0n) is 5.09. The molecule has 11 heavy (non-hydrogen) atoms. The van der Waals surface area contributed by atoms with Crippen molar-refractivity contribution in [1.82, 2.24) is 10.2 Å². The third-order valence-electron chi connectivity index (χ3n) is 0.992. The van der Waals surface area contributed by atoms with Crippen molar-refractivity contribution in [2.75, 3.05) is 0 Å². The molecule has 1 aromatic heterocycles. The number of hydrogen-bond acceptors (Lipinski definition) is 2. The number of aromatic nitrogens is 2. The van der Waals surface area contributed by atoms with Crippen LogP contribution in [0, 0.1) is 0 Å². The highest BCUT2D eigenvalue weighted by atomic mass is 19.4. The van der Waals surface area contributed by atoms with Crippen LogP contribution in [0.1, 0.15) is 5.56 Å². The first kappa shape index (κ1) is 7.77. The zero-order valence-corrected chi connectivity index (χ0v) is 5.09. The molecule has 3 nitrogen and oxygen atoms in total. The van der Waals surface area contributed by atoms with Gasteiger partial charge in [0.25, 0.3) is 0 Å². The molecule has 0 N–H and O–H groups in total. The van der Waals surface area contributed by atoms with Crippen LogP contribution >= 0.6 is 0 Å². The lowest BCUT2D eigenvalue weighted by molar-refractivity contribution is -0.139. The normalized spacial score (nSPS) is 11.5. The molecular formula is C5H2F3N2O. The fraction of sp³-hybridized carbons (Fsp3) is 0.200. The van der Waals surface area contributed by atoms with Crippen molar-refractivity contribution in [2.24, 2.45) is 0 Å². The molecule has 0 aliphatic rings. The van der Waals surface area contributed by atoms with Gasteiger partial charge in [-0.25, -0.2) is 0 Å². The van der Waals surface area contributed by atoms with E-state index >= 15 is 0 Å². The SMILES string of the molecule is [O]c1nnccc1C(F)(F)F. The van der Waals surface area contributed by atoms with Crippen LogP contribution in [0.3, 0.4) is 0 Å². The minimum Gasteiger partial charge on any atom is -0.265 e. The summed E-state index contributed by atoms with van der Waals surface area (Å²) in [5.41, 5.74) is -1.28. The molecule has 1 radical (unpaired) electrons. The Kier molecular flexibility index (Phi) is 1.67. The summed E-state index contributed by atoms with van der Waals surface area (Å²) in [6.45, 7) is 0. The van der Waals surface area contributed by atoms with Gasteiger partial charge in [-0.2, -0.15) is 18.3 Å². The van der Waals surface area contributed by atoms with Crippen molar-refractivity contribution < 1.29 is 18.3 Å². The van der Waals surface area contributed by atoms with E-state index in [1.54, 1.807) is 0 Å². The summed E-state index contributed by atoms with van der Waals surface area (Å²) in [6.07, 6.45) is -3.81. The van der Waals surface area contributed by atoms with E-state index in [0.717, 1.165) is 6.20 Å². The van der Waals surface area contributed by atoms with E-state index in [-0.39, 0.29) is 0 Å². The largest absolute Gasteiger partial charge is 0.421 e. The molecule has 0 fully saturated rings. The molecule has 59 valence electrons.